The van der Waals surface area contributed by atoms with Crippen LogP contribution in [0.1, 0.15) is 40.2 Å². The molecule has 142 valence electrons. The molecule has 2 aliphatic rings. The zero-order chi connectivity index (χ0) is 18.5. The summed E-state index contributed by atoms with van der Waals surface area (Å²) in [6.45, 7) is 5.93. The fourth-order valence-electron chi connectivity index (χ4n) is 4.18. The summed E-state index contributed by atoms with van der Waals surface area (Å²) in [6, 6.07) is 18.8. The van der Waals surface area contributed by atoms with Crippen LogP contribution < -0.4 is 0 Å². The van der Waals surface area contributed by atoms with Gasteiger partial charge in [0, 0.05) is 38.3 Å². The van der Waals surface area contributed by atoms with Crippen LogP contribution >= 0.6 is 0 Å². The van der Waals surface area contributed by atoms with Crippen LogP contribution in [-0.2, 0) is 11.3 Å². The van der Waals surface area contributed by atoms with Gasteiger partial charge in [-0.2, -0.15) is 0 Å². The first kappa shape index (κ1) is 18.2. The van der Waals surface area contributed by atoms with E-state index in [1.54, 1.807) is 0 Å². The van der Waals surface area contributed by atoms with Gasteiger partial charge >= 0.3 is 0 Å². The Morgan fingerprint density at radius 3 is 2.30 bits per heavy atom. The molecule has 2 aromatic carbocycles. The fourth-order valence-corrected chi connectivity index (χ4v) is 4.18. The number of morpholine rings is 1. The maximum absolute atomic E-state index is 13.2. The van der Waals surface area contributed by atoms with Crippen LogP contribution in [0.3, 0.4) is 0 Å². The van der Waals surface area contributed by atoms with E-state index in [0.717, 1.165) is 69.9 Å². The van der Waals surface area contributed by atoms with E-state index < -0.39 is 0 Å². The third-order valence-corrected chi connectivity index (χ3v) is 5.80. The van der Waals surface area contributed by atoms with Gasteiger partial charge in [-0.05, 0) is 36.0 Å². The average molecular weight is 364 g/mol. The van der Waals surface area contributed by atoms with Crippen molar-refractivity contribution in [3.8, 4) is 0 Å². The second-order valence-corrected chi connectivity index (χ2v) is 7.52. The molecule has 0 N–H and O–H groups in total. The maximum atomic E-state index is 13.2. The predicted octanol–water partition coefficient (Wildman–Crippen LogP) is 3.54. The SMILES string of the molecule is O=C(c1ccccc1CN1CCOCC1)N1CCC(c2ccccc2)CC1. The first-order valence-corrected chi connectivity index (χ1v) is 10.0. The van der Waals surface area contributed by atoms with Gasteiger partial charge in [0.2, 0.25) is 0 Å². The second kappa shape index (κ2) is 8.68. The minimum Gasteiger partial charge on any atom is -0.379 e. The Labute approximate surface area is 161 Å². The number of carbonyl (C=O) groups is 1. The molecular formula is C23H28N2O2. The monoisotopic (exact) mass is 364 g/mol. The molecule has 4 nitrogen and oxygen atoms in total. The number of ether oxygens (including phenoxy) is 1. The van der Waals surface area contributed by atoms with Gasteiger partial charge in [0.1, 0.15) is 0 Å². The van der Waals surface area contributed by atoms with E-state index in [1.807, 2.05) is 23.1 Å². The Morgan fingerprint density at radius 1 is 0.889 bits per heavy atom. The van der Waals surface area contributed by atoms with Crippen LogP contribution in [-0.4, -0.2) is 55.1 Å². The van der Waals surface area contributed by atoms with Crippen molar-refractivity contribution in [2.24, 2.45) is 0 Å². The third kappa shape index (κ3) is 4.40. The molecule has 2 heterocycles. The normalized spacial score (nSPS) is 19.2. The van der Waals surface area contributed by atoms with Crippen molar-refractivity contribution in [3.63, 3.8) is 0 Å². The molecule has 0 spiro atoms. The topological polar surface area (TPSA) is 32.8 Å². The summed E-state index contributed by atoms with van der Waals surface area (Å²) in [5.41, 5.74) is 3.40. The summed E-state index contributed by atoms with van der Waals surface area (Å²) in [4.78, 5) is 17.6. The van der Waals surface area contributed by atoms with E-state index >= 15 is 0 Å². The van der Waals surface area contributed by atoms with Gasteiger partial charge < -0.3 is 9.64 Å². The standard InChI is InChI=1S/C23H28N2O2/c26-23(25-12-10-20(11-13-25)19-6-2-1-3-7-19)22-9-5-4-8-21(22)18-24-14-16-27-17-15-24/h1-9,20H,10-18H2. The number of benzene rings is 2. The summed E-state index contributed by atoms with van der Waals surface area (Å²) < 4.78 is 5.44. The zero-order valence-electron chi connectivity index (χ0n) is 15.8. The van der Waals surface area contributed by atoms with Crippen molar-refractivity contribution in [2.45, 2.75) is 25.3 Å². The molecule has 0 atom stereocenters. The summed E-state index contributed by atoms with van der Waals surface area (Å²) in [6.07, 6.45) is 2.09. The molecule has 4 rings (SSSR count). The number of hydrogen-bond donors (Lipinski definition) is 0. The lowest BCUT2D eigenvalue weighted by molar-refractivity contribution is 0.0339. The number of hydrogen-bond acceptors (Lipinski definition) is 3. The molecule has 0 radical (unpaired) electrons. The van der Waals surface area contributed by atoms with Gasteiger partial charge in [0.15, 0.2) is 0 Å². The van der Waals surface area contributed by atoms with Crippen LogP contribution in [0.25, 0.3) is 0 Å². The highest BCUT2D eigenvalue weighted by Gasteiger charge is 2.26. The molecule has 2 fully saturated rings. The van der Waals surface area contributed by atoms with E-state index in [1.165, 1.54) is 5.56 Å². The molecule has 2 saturated heterocycles. The number of carbonyl (C=O) groups excluding carboxylic acids is 1. The Kier molecular flexibility index (Phi) is 5.85. The van der Waals surface area contributed by atoms with Crippen LogP contribution in [0, 0.1) is 0 Å². The van der Waals surface area contributed by atoms with Crippen molar-refractivity contribution in [3.05, 3.63) is 71.3 Å². The van der Waals surface area contributed by atoms with Crippen molar-refractivity contribution >= 4 is 5.91 Å². The second-order valence-electron chi connectivity index (χ2n) is 7.52. The summed E-state index contributed by atoms with van der Waals surface area (Å²) in [7, 11) is 0. The molecule has 0 saturated carbocycles. The van der Waals surface area contributed by atoms with Crippen molar-refractivity contribution in [1.82, 2.24) is 9.80 Å². The van der Waals surface area contributed by atoms with Gasteiger partial charge in [0.25, 0.3) is 5.91 Å². The van der Waals surface area contributed by atoms with E-state index in [4.69, 9.17) is 4.74 Å². The van der Waals surface area contributed by atoms with Gasteiger partial charge in [0.05, 0.1) is 13.2 Å². The Balaban J connectivity index is 1.41. The summed E-state index contributed by atoms with van der Waals surface area (Å²) in [5.74, 6) is 0.754. The van der Waals surface area contributed by atoms with Gasteiger partial charge in [-0.25, -0.2) is 0 Å². The molecule has 2 aliphatic heterocycles. The van der Waals surface area contributed by atoms with Crippen LogP contribution in [0.4, 0.5) is 0 Å². The number of amides is 1. The van der Waals surface area contributed by atoms with Crippen LogP contribution in [0.5, 0.6) is 0 Å². The molecule has 2 aromatic rings. The van der Waals surface area contributed by atoms with Crippen molar-refractivity contribution in [1.29, 1.82) is 0 Å². The quantitative estimate of drug-likeness (QED) is 0.832. The third-order valence-electron chi connectivity index (χ3n) is 5.80. The minimum absolute atomic E-state index is 0.186. The minimum atomic E-state index is 0.186. The summed E-state index contributed by atoms with van der Waals surface area (Å²) in [5, 5.41) is 0. The number of nitrogens with zero attached hydrogens (tertiary/aromatic N) is 2. The largest absolute Gasteiger partial charge is 0.379 e. The summed E-state index contributed by atoms with van der Waals surface area (Å²) >= 11 is 0. The first-order valence-electron chi connectivity index (χ1n) is 10.0. The molecule has 4 heteroatoms. The van der Waals surface area contributed by atoms with Crippen LogP contribution in [0.15, 0.2) is 54.6 Å². The van der Waals surface area contributed by atoms with E-state index in [2.05, 4.69) is 41.3 Å². The molecule has 0 aliphatic carbocycles. The highest BCUT2D eigenvalue weighted by Crippen LogP contribution is 2.29. The van der Waals surface area contributed by atoms with Crippen molar-refractivity contribution in [2.75, 3.05) is 39.4 Å². The van der Waals surface area contributed by atoms with E-state index in [9.17, 15) is 4.79 Å². The van der Waals surface area contributed by atoms with Gasteiger partial charge in [-0.1, -0.05) is 48.5 Å². The molecule has 0 unspecified atom stereocenters. The lowest BCUT2D eigenvalue weighted by atomic mass is 9.89. The molecule has 0 aromatic heterocycles. The molecule has 1 amide bonds. The van der Waals surface area contributed by atoms with E-state index in [-0.39, 0.29) is 5.91 Å². The molecule has 0 bridgehead atoms. The van der Waals surface area contributed by atoms with Crippen molar-refractivity contribution < 1.29 is 9.53 Å². The van der Waals surface area contributed by atoms with Gasteiger partial charge in [-0.15, -0.1) is 0 Å². The van der Waals surface area contributed by atoms with E-state index in [0.29, 0.717) is 5.92 Å². The van der Waals surface area contributed by atoms with Crippen LogP contribution in [0.2, 0.25) is 0 Å². The molecular weight excluding hydrogens is 336 g/mol. The Bertz CT molecular complexity index is 748. The highest BCUT2D eigenvalue weighted by atomic mass is 16.5. The lowest BCUT2D eigenvalue weighted by Crippen LogP contribution is -2.39. The number of rotatable bonds is 4. The Morgan fingerprint density at radius 2 is 1.56 bits per heavy atom. The van der Waals surface area contributed by atoms with Gasteiger partial charge in [-0.3, -0.25) is 9.69 Å². The fraction of sp³-hybridized carbons (Fsp3) is 0.435. The lowest BCUT2D eigenvalue weighted by Gasteiger charge is -2.33. The number of piperidine rings is 1. The zero-order valence-corrected chi connectivity index (χ0v) is 15.8. The smallest absolute Gasteiger partial charge is 0.254 e. The predicted molar refractivity (Wildman–Crippen MR) is 107 cm³/mol. The highest BCUT2D eigenvalue weighted by molar-refractivity contribution is 5.95. The first-order chi connectivity index (χ1) is 13.3. The maximum Gasteiger partial charge on any atom is 0.254 e. The Hall–Kier alpha value is -2.17. The average Bonchev–Trinajstić information content (AvgIpc) is 2.75. The molecule has 27 heavy (non-hydrogen) atoms. The number of likely N-dealkylation sites (tertiary alicyclic amines) is 1.